The Morgan fingerprint density at radius 1 is 1.15 bits per heavy atom. The van der Waals surface area contributed by atoms with Crippen LogP contribution in [0.1, 0.15) is 16.1 Å². The standard InChI is InChI=1S/C15H14N2O3/c18-15(12-3-1-2-6-16-12)17-10-11-4-5-13-14(9-11)20-8-7-19-13/h1-6,9H,7-8,10H2,(H,17,18). The number of carbonyl (C=O) groups is 1. The van der Waals surface area contributed by atoms with E-state index in [1.54, 1.807) is 24.4 Å². The smallest absolute Gasteiger partial charge is 0.270 e. The maximum atomic E-state index is 11.9. The molecule has 1 aliphatic rings. The molecule has 20 heavy (non-hydrogen) atoms. The van der Waals surface area contributed by atoms with E-state index in [1.807, 2.05) is 18.2 Å². The molecule has 5 nitrogen and oxygen atoms in total. The summed E-state index contributed by atoms with van der Waals surface area (Å²) >= 11 is 0. The number of benzene rings is 1. The SMILES string of the molecule is O=C(NCc1ccc2c(c1)OCCO2)c1ccccn1. The number of rotatable bonds is 3. The van der Waals surface area contributed by atoms with Gasteiger partial charge in [-0.2, -0.15) is 0 Å². The number of pyridine rings is 1. The monoisotopic (exact) mass is 270 g/mol. The van der Waals surface area contributed by atoms with E-state index < -0.39 is 0 Å². The highest BCUT2D eigenvalue weighted by molar-refractivity contribution is 5.92. The number of nitrogens with zero attached hydrogens (tertiary/aromatic N) is 1. The highest BCUT2D eigenvalue weighted by atomic mass is 16.6. The van der Waals surface area contributed by atoms with Crippen LogP contribution in [0.2, 0.25) is 0 Å². The fourth-order valence-electron chi connectivity index (χ4n) is 1.97. The van der Waals surface area contributed by atoms with E-state index in [0.29, 0.717) is 25.5 Å². The van der Waals surface area contributed by atoms with Crippen LogP contribution in [-0.4, -0.2) is 24.1 Å². The summed E-state index contributed by atoms with van der Waals surface area (Å²) in [6.07, 6.45) is 1.60. The Labute approximate surface area is 116 Å². The van der Waals surface area contributed by atoms with E-state index in [4.69, 9.17) is 9.47 Å². The van der Waals surface area contributed by atoms with Gasteiger partial charge in [-0.25, -0.2) is 0 Å². The summed E-state index contributed by atoms with van der Waals surface area (Å²) in [4.78, 5) is 15.9. The van der Waals surface area contributed by atoms with E-state index >= 15 is 0 Å². The predicted octanol–water partition coefficient (Wildman–Crippen LogP) is 1.78. The van der Waals surface area contributed by atoms with Crippen molar-refractivity contribution in [3.8, 4) is 11.5 Å². The van der Waals surface area contributed by atoms with Crippen molar-refractivity contribution in [3.05, 3.63) is 53.9 Å². The molecular formula is C15H14N2O3. The Morgan fingerprint density at radius 3 is 2.80 bits per heavy atom. The molecule has 102 valence electrons. The van der Waals surface area contributed by atoms with E-state index in [9.17, 15) is 4.79 Å². The van der Waals surface area contributed by atoms with E-state index in [1.165, 1.54) is 0 Å². The van der Waals surface area contributed by atoms with Gasteiger partial charge in [-0.3, -0.25) is 9.78 Å². The lowest BCUT2D eigenvalue weighted by atomic mass is 10.2. The molecule has 0 saturated carbocycles. The first-order chi connectivity index (χ1) is 9.83. The first-order valence-electron chi connectivity index (χ1n) is 6.41. The van der Waals surface area contributed by atoms with Crippen LogP contribution >= 0.6 is 0 Å². The number of hydrogen-bond donors (Lipinski definition) is 1. The molecule has 0 aliphatic carbocycles. The van der Waals surface area contributed by atoms with Crippen LogP contribution in [0.25, 0.3) is 0 Å². The van der Waals surface area contributed by atoms with Crippen LogP contribution in [0.4, 0.5) is 0 Å². The normalized spacial score (nSPS) is 12.8. The number of ether oxygens (including phenoxy) is 2. The third-order valence-electron chi connectivity index (χ3n) is 2.96. The molecular weight excluding hydrogens is 256 g/mol. The van der Waals surface area contributed by atoms with E-state index in [0.717, 1.165) is 17.1 Å². The average molecular weight is 270 g/mol. The van der Waals surface area contributed by atoms with Crippen LogP contribution in [0.15, 0.2) is 42.6 Å². The zero-order valence-electron chi connectivity index (χ0n) is 10.8. The second-order valence-corrected chi connectivity index (χ2v) is 4.38. The quantitative estimate of drug-likeness (QED) is 0.923. The predicted molar refractivity (Wildman–Crippen MR) is 72.8 cm³/mol. The summed E-state index contributed by atoms with van der Waals surface area (Å²) in [5, 5.41) is 2.82. The van der Waals surface area contributed by atoms with Gasteiger partial charge in [-0.05, 0) is 29.8 Å². The molecule has 0 atom stereocenters. The maximum absolute atomic E-state index is 11.9. The lowest BCUT2D eigenvalue weighted by Gasteiger charge is -2.18. The van der Waals surface area contributed by atoms with E-state index in [2.05, 4.69) is 10.3 Å². The first-order valence-corrected chi connectivity index (χ1v) is 6.41. The number of fused-ring (bicyclic) bond motifs is 1. The summed E-state index contributed by atoms with van der Waals surface area (Å²) in [5.74, 6) is 1.28. The highest BCUT2D eigenvalue weighted by Crippen LogP contribution is 2.30. The van der Waals surface area contributed by atoms with Gasteiger partial charge in [0.05, 0.1) is 0 Å². The van der Waals surface area contributed by atoms with Gasteiger partial charge in [0.25, 0.3) is 5.91 Å². The van der Waals surface area contributed by atoms with Crippen LogP contribution in [0.3, 0.4) is 0 Å². The second-order valence-electron chi connectivity index (χ2n) is 4.38. The zero-order chi connectivity index (χ0) is 13.8. The van der Waals surface area contributed by atoms with Crippen molar-refractivity contribution in [1.29, 1.82) is 0 Å². The van der Waals surface area contributed by atoms with E-state index in [-0.39, 0.29) is 5.91 Å². The Hall–Kier alpha value is -2.56. The molecule has 1 N–H and O–H groups in total. The number of carbonyl (C=O) groups excluding carboxylic acids is 1. The van der Waals surface area contributed by atoms with Gasteiger partial charge in [0, 0.05) is 12.7 Å². The van der Waals surface area contributed by atoms with Crippen molar-refractivity contribution in [2.24, 2.45) is 0 Å². The topological polar surface area (TPSA) is 60.5 Å². The maximum Gasteiger partial charge on any atom is 0.270 e. The fourth-order valence-corrected chi connectivity index (χ4v) is 1.97. The second kappa shape index (κ2) is 5.61. The van der Waals surface area contributed by atoms with Crippen molar-refractivity contribution in [2.75, 3.05) is 13.2 Å². The molecule has 1 aromatic heterocycles. The number of aromatic nitrogens is 1. The molecule has 5 heteroatoms. The molecule has 1 aliphatic heterocycles. The Morgan fingerprint density at radius 2 is 2.00 bits per heavy atom. The Balaban J connectivity index is 1.65. The van der Waals surface area contributed by atoms with Gasteiger partial charge in [0.2, 0.25) is 0 Å². The lowest BCUT2D eigenvalue weighted by molar-refractivity contribution is 0.0946. The lowest BCUT2D eigenvalue weighted by Crippen LogP contribution is -2.24. The number of hydrogen-bond acceptors (Lipinski definition) is 4. The fraction of sp³-hybridized carbons (Fsp3) is 0.200. The molecule has 2 heterocycles. The van der Waals surface area contributed by atoms with Gasteiger partial charge in [0.1, 0.15) is 18.9 Å². The minimum atomic E-state index is -0.194. The molecule has 0 unspecified atom stereocenters. The largest absolute Gasteiger partial charge is 0.486 e. The number of nitrogens with one attached hydrogen (secondary N) is 1. The molecule has 2 aromatic rings. The summed E-state index contributed by atoms with van der Waals surface area (Å²) in [5.41, 5.74) is 1.36. The molecule has 1 amide bonds. The van der Waals surface area contributed by atoms with Crippen LogP contribution in [0.5, 0.6) is 11.5 Å². The van der Waals surface area contributed by atoms with Crippen molar-refractivity contribution in [2.45, 2.75) is 6.54 Å². The summed E-state index contributed by atoms with van der Waals surface area (Å²) in [7, 11) is 0. The Bertz CT molecular complexity index is 614. The van der Waals surface area contributed by atoms with Gasteiger partial charge in [0.15, 0.2) is 11.5 Å². The zero-order valence-corrected chi connectivity index (χ0v) is 10.8. The molecule has 0 bridgehead atoms. The van der Waals surface area contributed by atoms with Gasteiger partial charge < -0.3 is 14.8 Å². The molecule has 0 radical (unpaired) electrons. The molecule has 0 spiro atoms. The van der Waals surface area contributed by atoms with Crippen molar-refractivity contribution in [3.63, 3.8) is 0 Å². The first kappa shape index (κ1) is 12.5. The van der Waals surface area contributed by atoms with Gasteiger partial charge >= 0.3 is 0 Å². The highest BCUT2D eigenvalue weighted by Gasteiger charge is 2.12. The van der Waals surface area contributed by atoms with Crippen molar-refractivity contribution in [1.82, 2.24) is 10.3 Å². The summed E-state index contributed by atoms with van der Waals surface area (Å²) in [6, 6.07) is 10.9. The molecule has 3 rings (SSSR count). The van der Waals surface area contributed by atoms with Gasteiger partial charge in [-0.1, -0.05) is 12.1 Å². The number of amides is 1. The van der Waals surface area contributed by atoms with Crippen LogP contribution in [0, 0.1) is 0 Å². The molecule has 1 aromatic carbocycles. The third-order valence-corrected chi connectivity index (χ3v) is 2.96. The van der Waals surface area contributed by atoms with Gasteiger partial charge in [-0.15, -0.1) is 0 Å². The third kappa shape index (κ3) is 2.71. The van der Waals surface area contributed by atoms with Crippen molar-refractivity contribution >= 4 is 5.91 Å². The molecule has 0 fully saturated rings. The average Bonchev–Trinajstić information content (AvgIpc) is 2.53. The van der Waals surface area contributed by atoms with Crippen LogP contribution < -0.4 is 14.8 Å². The summed E-state index contributed by atoms with van der Waals surface area (Å²) < 4.78 is 11.0. The summed E-state index contributed by atoms with van der Waals surface area (Å²) in [6.45, 7) is 1.55. The minimum absolute atomic E-state index is 0.194. The Kier molecular flexibility index (Phi) is 3.50. The van der Waals surface area contributed by atoms with Crippen LogP contribution in [-0.2, 0) is 6.54 Å². The minimum Gasteiger partial charge on any atom is -0.486 e. The van der Waals surface area contributed by atoms with Crippen molar-refractivity contribution < 1.29 is 14.3 Å². The molecule has 0 saturated heterocycles.